The number of carbonyl (C=O) groups excluding carboxylic acids is 2. The first kappa shape index (κ1) is 24.6. The molecule has 9 nitrogen and oxygen atoms in total. The average Bonchev–Trinajstić information content (AvgIpc) is 3.17. The number of nitro groups is 1. The van der Waals surface area contributed by atoms with E-state index < -0.39 is 22.5 Å². The fourth-order valence-corrected chi connectivity index (χ4v) is 3.80. The second-order valence-corrected chi connectivity index (χ2v) is 8.84. The lowest BCUT2D eigenvalue weighted by molar-refractivity contribution is -0.384. The quantitative estimate of drug-likeness (QED) is 0.495. The number of carbonyl (C=O) groups is 2. The Morgan fingerprint density at radius 1 is 1.29 bits per heavy atom. The van der Waals surface area contributed by atoms with E-state index in [-0.39, 0.29) is 23.7 Å². The van der Waals surface area contributed by atoms with E-state index in [1.165, 1.54) is 12.1 Å². The Balaban J connectivity index is 1.92. The predicted molar refractivity (Wildman–Crippen MR) is 116 cm³/mol. The van der Waals surface area contributed by atoms with Gasteiger partial charge in [-0.05, 0) is 45.6 Å². The molecule has 0 bridgehead atoms. The van der Waals surface area contributed by atoms with Gasteiger partial charge in [-0.2, -0.15) is 0 Å². The first-order valence-corrected chi connectivity index (χ1v) is 10.6. The zero-order chi connectivity index (χ0) is 23.2. The summed E-state index contributed by atoms with van der Waals surface area (Å²) in [6.45, 7) is 8.24. The summed E-state index contributed by atoms with van der Waals surface area (Å²) in [5.41, 5.74) is 0.345. The van der Waals surface area contributed by atoms with Crippen LogP contribution in [0, 0.1) is 16.0 Å². The molecule has 0 radical (unpaired) electrons. The lowest BCUT2D eigenvalue weighted by Gasteiger charge is -2.34. The molecule has 3 atom stereocenters. The Kier molecular flexibility index (Phi) is 8.38. The van der Waals surface area contributed by atoms with Crippen molar-refractivity contribution in [3.63, 3.8) is 0 Å². The Hall–Kier alpha value is -2.68. The zero-order valence-corrected chi connectivity index (χ0v) is 18.9. The third-order valence-corrected chi connectivity index (χ3v) is 5.35. The number of ether oxygens (including phenoxy) is 2. The molecule has 1 aliphatic rings. The molecule has 0 aliphatic carbocycles. The lowest BCUT2D eigenvalue weighted by atomic mass is 9.95. The van der Waals surface area contributed by atoms with Crippen molar-refractivity contribution in [2.75, 3.05) is 20.2 Å². The molecule has 9 heteroatoms. The molecule has 1 unspecified atom stereocenters. The summed E-state index contributed by atoms with van der Waals surface area (Å²) in [6, 6.07) is 6.04. The zero-order valence-electron chi connectivity index (χ0n) is 18.9. The Bertz CT molecular complexity index is 774. The molecule has 31 heavy (non-hydrogen) atoms. The highest BCUT2D eigenvalue weighted by Crippen LogP contribution is 2.28. The van der Waals surface area contributed by atoms with Crippen LogP contribution in [0.2, 0.25) is 0 Å². The van der Waals surface area contributed by atoms with Crippen LogP contribution in [0.5, 0.6) is 0 Å². The molecule has 1 aromatic rings. The summed E-state index contributed by atoms with van der Waals surface area (Å²) in [5.74, 6) is -0.625. The van der Waals surface area contributed by atoms with Crippen molar-refractivity contribution in [3.05, 3.63) is 39.9 Å². The van der Waals surface area contributed by atoms with Crippen molar-refractivity contribution in [2.45, 2.75) is 64.7 Å². The van der Waals surface area contributed by atoms with Gasteiger partial charge in [0.1, 0.15) is 5.60 Å². The number of nitro benzene ring substituents is 1. The molecule has 1 aromatic carbocycles. The van der Waals surface area contributed by atoms with Gasteiger partial charge in [-0.15, -0.1) is 0 Å². The molecule has 1 N–H and O–H groups in total. The standard InChI is InChI=1S/C22H33N3O6/c1-15(20(26)23-13-12-16-8-10-17(11-9-16)25(28)29)19(30-5)18-7-6-14-24(18)21(27)31-22(2,3)4/h8-11,15,18-19H,6-7,12-14H2,1-5H3,(H,23,26)/t15?,18-,19+/m0/s1. The Labute approximate surface area is 183 Å². The highest BCUT2D eigenvalue weighted by molar-refractivity contribution is 5.79. The molecule has 1 fully saturated rings. The molecule has 2 amide bonds. The van der Waals surface area contributed by atoms with E-state index in [9.17, 15) is 19.7 Å². The van der Waals surface area contributed by atoms with Gasteiger partial charge >= 0.3 is 6.09 Å². The van der Waals surface area contributed by atoms with Gasteiger partial charge in [-0.1, -0.05) is 19.1 Å². The van der Waals surface area contributed by atoms with E-state index >= 15 is 0 Å². The Morgan fingerprint density at radius 3 is 2.48 bits per heavy atom. The highest BCUT2D eigenvalue weighted by atomic mass is 16.6. The minimum atomic E-state index is -0.590. The van der Waals surface area contributed by atoms with Crippen molar-refractivity contribution in [3.8, 4) is 0 Å². The van der Waals surface area contributed by atoms with E-state index in [4.69, 9.17) is 9.47 Å². The van der Waals surface area contributed by atoms with Crippen LogP contribution < -0.4 is 5.32 Å². The molecule has 0 saturated carbocycles. The maximum atomic E-state index is 12.7. The molecule has 0 spiro atoms. The van der Waals surface area contributed by atoms with Crippen LogP contribution in [-0.4, -0.2) is 59.8 Å². The summed E-state index contributed by atoms with van der Waals surface area (Å²) >= 11 is 0. The minimum Gasteiger partial charge on any atom is -0.444 e. The molecule has 1 aliphatic heterocycles. The molecule has 1 saturated heterocycles. The number of amides is 2. The summed E-state index contributed by atoms with van der Waals surface area (Å²) in [6.07, 6.45) is 1.30. The van der Waals surface area contributed by atoms with E-state index in [0.717, 1.165) is 18.4 Å². The summed E-state index contributed by atoms with van der Waals surface area (Å²) in [4.78, 5) is 37.3. The van der Waals surface area contributed by atoms with Crippen LogP contribution in [0.1, 0.15) is 46.1 Å². The van der Waals surface area contributed by atoms with Crippen molar-refractivity contribution in [1.82, 2.24) is 10.2 Å². The van der Waals surface area contributed by atoms with E-state index in [1.807, 2.05) is 20.8 Å². The van der Waals surface area contributed by atoms with Crippen LogP contribution in [0.3, 0.4) is 0 Å². The molecule has 2 rings (SSSR count). The maximum absolute atomic E-state index is 12.7. The van der Waals surface area contributed by atoms with E-state index in [0.29, 0.717) is 19.5 Å². The summed E-state index contributed by atoms with van der Waals surface area (Å²) < 4.78 is 11.2. The topological polar surface area (TPSA) is 111 Å². The number of nitrogens with one attached hydrogen (secondary N) is 1. The summed E-state index contributed by atoms with van der Waals surface area (Å²) in [7, 11) is 1.55. The van der Waals surface area contributed by atoms with Gasteiger partial charge in [-0.3, -0.25) is 14.9 Å². The van der Waals surface area contributed by atoms with Crippen molar-refractivity contribution in [1.29, 1.82) is 0 Å². The van der Waals surface area contributed by atoms with Gasteiger partial charge in [0, 0.05) is 32.3 Å². The van der Waals surface area contributed by atoms with Crippen molar-refractivity contribution >= 4 is 17.7 Å². The van der Waals surface area contributed by atoms with Gasteiger partial charge in [0.15, 0.2) is 0 Å². The third-order valence-electron chi connectivity index (χ3n) is 5.35. The smallest absolute Gasteiger partial charge is 0.410 e. The fraction of sp³-hybridized carbons (Fsp3) is 0.636. The SMILES string of the molecule is CO[C@H](C(C)C(=O)NCCc1ccc([N+](=O)[O-])cc1)[C@@H]1CCCN1C(=O)OC(C)(C)C. The number of methoxy groups -OCH3 is 1. The molecule has 172 valence electrons. The van der Waals surface area contributed by atoms with Crippen LogP contribution in [0.15, 0.2) is 24.3 Å². The second kappa shape index (κ2) is 10.6. The number of hydrogen-bond donors (Lipinski definition) is 1. The number of likely N-dealkylation sites (tertiary alicyclic amines) is 1. The van der Waals surface area contributed by atoms with Gasteiger partial charge in [-0.25, -0.2) is 4.79 Å². The molecule has 1 heterocycles. The summed E-state index contributed by atoms with van der Waals surface area (Å²) in [5, 5.41) is 13.6. The van der Waals surface area contributed by atoms with Crippen molar-refractivity contribution < 1.29 is 24.0 Å². The van der Waals surface area contributed by atoms with Crippen LogP contribution in [-0.2, 0) is 20.7 Å². The maximum Gasteiger partial charge on any atom is 0.410 e. The molecular weight excluding hydrogens is 402 g/mol. The molecule has 0 aromatic heterocycles. The minimum absolute atomic E-state index is 0.0375. The molecular formula is C22H33N3O6. The normalized spacial score (nSPS) is 18.4. The first-order valence-electron chi connectivity index (χ1n) is 10.6. The second-order valence-electron chi connectivity index (χ2n) is 8.84. The fourth-order valence-electron chi connectivity index (χ4n) is 3.80. The van der Waals surface area contributed by atoms with Gasteiger partial charge in [0.05, 0.1) is 23.0 Å². The number of nitrogens with zero attached hydrogens (tertiary/aromatic N) is 2. The van der Waals surface area contributed by atoms with Gasteiger partial charge < -0.3 is 19.7 Å². The van der Waals surface area contributed by atoms with Gasteiger partial charge in [0.2, 0.25) is 5.91 Å². The van der Waals surface area contributed by atoms with Gasteiger partial charge in [0.25, 0.3) is 5.69 Å². The lowest BCUT2D eigenvalue weighted by Crippen LogP contribution is -2.50. The third kappa shape index (κ3) is 6.92. The number of benzene rings is 1. The number of non-ortho nitro benzene ring substituents is 1. The van der Waals surface area contributed by atoms with E-state index in [1.54, 1.807) is 31.1 Å². The first-order chi connectivity index (χ1) is 14.5. The van der Waals surface area contributed by atoms with E-state index in [2.05, 4.69) is 5.32 Å². The monoisotopic (exact) mass is 435 g/mol. The largest absolute Gasteiger partial charge is 0.444 e. The number of rotatable bonds is 8. The Morgan fingerprint density at radius 2 is 1.94 bits per heavy atom. The highest BCUT2D eigenvalue weighted by Gasteiger charge is 2.41. The van der Waals surface area contributed by atoms with Crippen molar-refractivity contribution in [2.24, 2.45) is 5.92 Å². The van der Waals surface area contributed by atoms with Crippen LogP contribution in [0.25, 0.3) is 0 Å². The predicted octanol–water partition coefficient (Wildman–Crippen LogP) is 3.30. The van der Waals surface area contributed by atoms with Crippen LogP contribution in [0.4, 0.5) is 10.5 Å². The average molecular weight is 436 g/mol. The van der Waals surface area contributed by atoms with Crippen LogP contribution >= 0.6 is 0 Å². The number of hydrogen-bond acceptors (Lipinski definition) is 6.